The Labute approximate surface area is 116 Å². The predicted molar refractivity (Wildman–Crippen MR) is 79.2 cm³/mol. The summed E-state index contributed by atoms with van der Waals surface area (Å²) in [5.41, 5.74) is 2.69. The van der Waals surface area contributed by atoms with Crippen molar-refractivity contribution < 1.29 is 4.74 Å². The largest absolute Gasteiger partial charge is 0.380 e. The molecule has 1 heterocycles. The lowest BCUT2D eigenvalue weighted by molar-refractivity contribution is 0.184. The van der Waals surface area contributed by atoms with E-state index in [2.05, 4.69) is 48.5 Å². The number of rotatable bonds is 6. The zero-order valence-corrected chi connectivity index (χ0v) is 12.4. The lowest BCUT2D eigenvalue weighted by atomic mass is 9.92. The van der Waals surface area contributed by atoms with Crippen LogP contribution in [0.2, 0.25) is 0 Å². The van der Waals surface area contributed by atoms with Crippen molar-refractivity contribution in [2.45, 2.75) is 26.0 Å². The van der Waals surface area contributed by atoms with E-state index < -0.39 is 0 Å². The van der Waals surface area contributed by atoms with E-state index in [4.69, 9.17) is 4.74 Å². The molecule has 1 aromatic rings. The Kier molecular flexibility index (Phi) is 5.37. The lowest BCUT2D eigenvalue weighted by Gasteiger charge is -2.26. The Morgan fingerprint density at radius 3 is 3.00 bits per heavy atom. The monoisotopic (exact) mass is 262 g/mol. The van der Waals surface area contributed by atoms with E-state index in [1.54, 1.807) is 7.11 Å². The van der Waals surface area contributed by atoms with E-state index in [0.29, 0.717) is 18.6 Å². The Morgan fingerprint density at radius 1 is 1.42 bits per heavy atom. The van der Waals surface area contributed by atoms with Gasteiger partial charge in [-0.05, 0) is 50.1 Å². The predicted octanol–water partition coefficient (Wildman–Crippen LogP) is 2.44. The van der Waals surface area contributed by atoms with E-state index in [1.165, 1.54) is 24.1 Å². The topological polar surface area (TPSA) is 24.5 Å². The van der Waals surface area contributed by atoms with E-state index in [1.807, 2.05) is 0 Å². The summed E-state index contributed by atoms with van der Waals surface area (Å²) < 4.78 is 5.24. The normalized spacial score (nSPS) is 23.9. The summed E-state index contributed by atoms with van der Waals surface area (Å²) in [7, 11) is 3.99. The molecular weight excluding hydrogens is 236 g/mol. The smallest absolute Gasteiger partial charge is 0.0713 e. The molecule has 0 spiro atoms. The van der Waals surface area contributed by atoms with Crippen LogP contribution < -0.4 is 5.32 Å². The summed E-state index contributed by atoms with van der Waals surface area (Å²) in [6, 6.07) is 9.39. The first-order chi connectivity index (χ1) is 9.26. The molecule has 1 N–H and O–H groups in total. The van der Waals surface area contributed by atoms with E-state index in [9.17, 15) is 0 Å². The number of nitrogens with zero attached hydrogens (tertiary/aromatic N) is 1. The van der Waals surface area contributed by atoms with Gasteiger partial charge in [0, 0.05) is 13.2 Å². The molecule has 0 aliphatic carbocycles. The van der Waals surface area contributed by atoms with E-state index >= 15 is 0 Å². The van der Waals surface area contributed by atoms with Crippen LogP contribution in [0.4, 0.5) is 0 Å². The fraction of sp³-hybridized carbons (Fsp3) is 0.625. The average Bonchev–Trinajstić information content (AvgIpc) is 2.78. The minimum atomic E-state index is 0.538. The molecule has 1 fully saturated rings. The number of methoxy groups -OCH3 is 1. The second kappa shape index (κ2) is 7.04. The van der Waals surface area contributed by atoms with Crippen LogP contribution in [-0.2, 0) is 11.3 Å². The van der Waals surface area contributed by atoms with Crippen LogP contribution in [-0.4, -0.2) is 38.7 Å². The molecular formula is C16H26N2O. The molecule has 3 heteroatoms. The number of hydrogen-bond donors (Lipinski definition) is 1. The van der Waals surface area contributed by atoms with Gasteiger partial charge in [0.25, 0.3) is 0 Å². The molecule has 2 rings (SSSR count). The summed E-state index contributed by atoms with van der Waals surface area (Å²) in [5, 5.41) is 3.50. The van der Waals surface area contributed by atoms with Crippen LogP contribution in [0.3, 0.4) is 0 Å². The Hall–Kier alpha value is -0.900. The second-order valence-electron chi connectivity index (χ2n) is 5.46. The maximum atomic E-state index is 5.24. The van der Waals surface area contributed by atoms with Gasteiger partial charge < -0.3 is 10.1 Å². The van der Waals surface area contributed by atoms with Crippen molar-refractivity contribution in [1.29, 1.82) is 0 Å². The Balaban J connectivity index is 2.14. The molecule has 1 aliphatic heterocycles. The molecule has 0 aromatic heterocycles. The summed E-state index contributed by atoms with van der Waals surface area (Å²) >= 11 is 0. The van der Waals surface area contributed by atoms with Crippen LogP contribution in [0.1, 0.15) is 30.5 Å². The van der Waals surface area contributed by atoms with Gasteiger partial charge in [-0.2, -0.15) is 0 Å². The van der Waals surface area contributed by atoms with Crippen LogP contribution in [0.5, 0.6) is 0 Å². The molecule has 1 aromatic carbocycles. The first-order valence-corrected chi connectivity index (χ1v) is 7.25. The standard InChI is InChI=1S/C16H26N2O/c1-4-17-11-15-8-9-18(2)16(15)14-7-5-6-13(10-14)12-19-3/h5-7,10,15-17H,4,8-9,11-12H2,1-3H3. The van der Waals surface area contributed by atoms with Gasteiger partial charge >= 0.3 is 0 Å². The highest BCUT2D eigenvalue weighted by Crippen LogP contribution is 2.35. The third-order valence-electron chi connectivity index (χ3n) is 4.03. The fourth-order valence-electron chi connectivity index (χ4n) is 3.13. The van der Waals surface area contributed by atoms with Gasteiger partial charge in [-0.25, -0.2) is 0 Å². The molecule has 3 nitrogen and oxygen atoms in total. The van der Waals surface area contributed by atoms with Gasteiger partial charge in [0.1, 0.15) is 0 Å². The minimum absolute atomic E-state index is 0.538. The maximum Gasteiger partial charge on any atom is 0.0713 e. The van der Waals surface area contributed by atoms with Crippen LogP contribution >= 0.6 is 0 Å². The van der Waals surface area contributed by atoms with Crippen LogP contribution in [0.25, 0.3) is 0 Å². The maximum absolute atomic E-state index is 5.24. The fourth-order valence-corrected chi connectivity index (χ4v) is 3.13. The molecule has 106 valence electrons. The van der Waals surface area contributed by atoms with Crippen molar-refractivity contribution in [3.63, 3.8) is 0 Å². The van der Waals surface area contributed by atoms with Crippen LogP contribution in [0.15, 0.2) is 24.3 Å². The third kappa shape index (κ3) is 3.56. The summed E-state index contributed by atoms with van der Waals surface area (Å²) in [6.07, 6.45) is 1.28. The highest BCUT2D eigenvalue weighted by molar-refractivity contribution is 5.27. The van der Waals surface area contributed by atoms with Crippen molar-refractivity contribution in [2.75, 3.05) is 33.8 Å². The van der Waals surface area contributed by atoms with Crippen molar-refractivity contribution >= 4 is 0 Å². The molecule has 2 atom stereocenters. The molecule has 19 heavy (non-hydrogen) atoms. The van der Waals surface area contributed by atoms with Gasteiger partial charge in [-0.3, -0.25) is 4.90 Å². The van der Waals surface area contributed by atoms with Crippen molar-refractivity contribution in [2.24, 2.45) is 5.92 Å². The molecule has 1 aliphatic rings. The number of likely N-dealkylation sites (tertiary alicyclic amines) is 1. The molecule has 1 saturated heterocycles. The van der Waals surface area contributed by atoms with Gasteiger partial charge in [0.15, 0.2) is 0 Å². The Morgan fingerprint density at radius 2 is 2.26 bits per heavy atom. The first kappa shape index (κ1) is 14.5. The van der Waals surface area contributed by atoms with Crippen molar-refractivity contribution in [1.82, 2.24) is 10.2 Å². The average molecular weight is 262 g/mol. The SMILES string of the molecule is CCNCC1CCN(C)C1c1cccc(COC)c1. The minimum Gasteiger partial charge on any atom is -0.380 e. The van der Waals surface area contributed by atoms with Gasteiger partial charge in [-0.1, -0.05) is 31.2 Å². The van der Waals surface area contributed by atoms with E-state index in [-0.39, 0.29) is 0 Å². The molecule has 2 unspecified atom stereocenters. The zero-order valence-electron chi connectivity index (χ0n) is 12.4. The number of benzene rings is 1. The third-order valence-corrected chi connectivity index (χ3v) is 4.03. The highest BCUT2D eigenvalue weighted by atomic mass is 16.5. The van der Waals surface area contributed by atoms with Gasteiger partial charge in [0.05, 0.1) is 6.61 Å². The van der Waals surface area contributed by atoms with Crippen molar-refractivity contribution in [3.05, 3.63) is 35.4 Å². The number of nitrogens with one attached hydrogen (secondary N) is 1. The zero-order chi connectivity index (χ0) is 13.7. The molecule has 0 radical (unpaired) electrons. The van der Waals surface area contributed by atoms with Gasteiger partial charge in [0.2, 0.25) is 0 Å². The van der Waals surface area contributed by atoms with Gasteiger partial charge in [-0.15, -0.1) is 0 Å². The lowest BCUT2D eigenvalue weighted by Crippen LogP contribution is -2.28. The summed E-state index contributed by atoms with van der Waals surface area (Å²) in [4.78, 5) is 2.48. The van der Waals surface area contributed by atoms with E-state index in [0.717, 1.165) is 13.1 Å². The summed E-state index contributed by atoms with van der Waals surface area (Å²) in [6.45, 7) is 6.22. The number of hydrogen-bond acceptors (Lipinski definition) is 3. The van der Waals surface area contributed by atoms with Crippen molar-refractivity contribution in [3.8, 4) is 0 Å². The Bertz CT molecular complexity index is 394. The summed E-state index contributed by atoms with van der Waals surface area (Å²) in [5.74, 6) is 0.711. The van der Waals surface area contributed by atoms with Crippen LogP contribution in [0, 0.1) is 5.92 Å². The molecule has 0 saturated carbocycles. The molecule has 0 amide bonds. The molecule has 0 bridgehead atoms. The number of ether oxygens (including phenoxy) is 1. The quantitative estimate of drug-likeness (QED) is 0.852. The second-order valence-corrected chi connectivity index (χ2v) is 5.46. The highest BCUT2D eigenvalue weighted by Gasteiger charge is 2.32. The first-order valence-electron chi connectivity index (χ1n) is 7.25.